The second-order valence-corrected chi connectivity index (χ2v) is 12.0. The number of nitrogens with zero attached hydrogens (tertiary/aromatic N) is 2. The van der Waals surface area contributed by atoms with Gasteiger partial charge in [-0.25, -0.2) is 9.59 Å². The molecule has 0 spiro atoms. The monoisotopic (exact) mass is 660 g/mol. The van der Waals surface area contributed by atoms with Crippen LogP contribution in [0.25, 0.3) is 11.1 Å². The molecular weight excluding hydrogens is 620 g/mol. The summed E-state index contributed by atoms with van der Waals surface area (Å²) in [5, 5.41) is 0. The number of anilines is 6. The van der Waals surface area contributed by atoms with Crippen molar-refractivity contribution < 1.29 is 19.1 Å². The highest BCUT2D eigenvalue weighted by Gasteiger charge is 2.16. The van der Waals surface area contributed by atoms with E-state index in [1.807, 2.05) is 24.3 Å². The van der Waals surface area contributed by atoms with E-state index >= 15 is 0 Å². The van der Waals surface area contributed by atoms with Gasteiger partial charge in [-0.2, -0.15) is 0 Å². The second kappa shape index (κ2) is 15.4. The minimum Gasteiger partial charge on any atom is -0.462 e. The zero-order valence-electron chi connectivity index (χ0n) is 28.8. The van der Waals surface area contributed by atoms with Gasteiger partial charge in [-0.05, 0) is 136 Å². The van der Waals surface area contributed by atoms with Crippen LogP contribution in [0.1, 0.15) is 45.7 Å². The third kappa shape index (κ3) is 7.61. The van der Waals surface area contributed by atoms with Gasteiger partial charge in [0.25, 0.3) is 0 Å². The summed E-state index contributed by atoms with van der Waals surface area (Å²) < 4.78 is 10.4. The fraction of sp³-hybridized carbons (Fsp3) is 0.136. The largest absolute Gasteiger partial charge is 0.462 e. The fourth-order valence-electron chi connectivity index (χ4n) is 5.81. The van der Waals surface area contributed by atoms with E-state index in [1.54, 1.807) is 38.1 Å². The van der Waals surface area contributed by atoms with Crippen LogP contribution in [0, 0.1) is 13.8 Å². The highest BCUT2D eigenvalue weighted by Crippen LogP contribution is 2.38. The van der Waals surface area contributed by atoms with Crippen LogP contribution >= 0.6 is 0 Å². The molecule has 0 saturated heterocycles. The topological polar surface area (TPSA) is 59.1 Å². The van der Waals surface area contributed by atoms with Crippen molar-refractivity contribution in [2.24, 2.45) is 0 Å². The van der Waals surface area contributed by atoms with Crippen LogP contribution in [-0.2, 0) is 9.47 Å². The van der Waals surface area contributed by atoms with Crippen molar-refractivity contribution in [3.8, 4) is 11.1 Å². The lowest BCUT2D eigenvalue weighted by Crippen LogP contribution is -2.11. The predicted octanol–water partition coefficient (Wildman–Crippen LogP) is 11.3. The molecule has 6 rings (SSSR count). The predicted molar refractivity (Wildman–Crippen MR) is 203 cm³/mol. The Hall–Kier alpha value is -6.14. The average molecular weight is 661 g/mol. The Labute approximate surface area is 294 Å². The van der Waals surface area contributed by atoms with Crippen LogP contribution in [0.4, 0.5) is 34.1 Å². The fourth-order valence-corrected chi connectivity index (χ4v) is 5.81. The molecule has 0 aliphatic heterocycles. The zero-order valence-corrected chi connectivity index (χ0v) is 28.8. The maximum atomic E-state index is 12.3. The minimum absolute atomic E-state index is 0.329. The first-order valence-electron chi connectivity index (χ1n) is 16.8. The summed E-state index contributed by atoms with van der Waals surface area (Å²) in [7, 11) is 0. The van der Waals surface area contributed by atoms with E-state index in [-0.39, 0.29) is 11.9 Å². The molecule has 6 heteroatoms. The Morgan fingerprint density at radius 3 is 0.900 bits per heavy atom. The summed E-state index contributed by atoms with van der Waals surface area (Å²) in [6.07, 6.45) is 0. The third-order valence-corrected chi connectivity index (χ3v) is 8.44. The Bertz CT molecular complexity index is 1880. The number of rotatable bonds is 11. The maximum absolute atomic E-state index is 12.3. The van der Waals surface area contributed by atoms with Crippen molar-refractivity contribution in [1.29, 1.82) is 0 Å². The van der Waals surface area contributed by atoms with Crippen molar-refractivity contribution in [3.63, 3.8) is 0 Å². The van der Waals surface area contributed by atoms with Crippen molar-refractivity contribution >= 4 is 46.1 Å². The first-order valence-corrected chi connectivity index (χ1v) is 16.8. The van der Waals surface area contributed by atoms with Crippen LogP contribution in [0.3, 0.4) is 0 Å². The van der Waals surface area contributed by atoms with E-state index in [2.05, 4.69) is 121 Å². The number of benzene rings is 6. The normalized spacial score (nSPS) is 10.7. The number of esters is 2. The van der Waals surface area contributed by atoms with E-state index in [4.69, 9.17) is 9.47 Å². The first kappa shape index (κ1) is 33.7. The summed E-state index contributed by atoms with van der Waals surface area (Å²) >= 11 is 0. The second-order valence-electron chi connectivity index (χ2n) is 12.0. The van der Waals surface area contributed by atoms with E-state index in [9.17, 15) is 9.59 Å². The highest BCUT2D eigenvalue weighted by molar-refractivity contribution is 5.91. The van der Waals surface area contributed by atoms with Crippen LogP contribution in [-0.4, -0.2) is 25.2 Å². The van der Waals surface area contributed by atoms with Gasteiger partial charge in [-0.1, -0.05) is 59.7 Å². The number of carbonyl (C=O) groups is 2. The van der Waals surface area contributed by atoms with Crippen LogP contribution in [0.15, 0.2) is 146 Å². The van der Waals surface area contributed by atoms with Gasteiger partial charge in [0.1, 0.15) is 0 Å². The van der Waals surface area contributed by atoms with Crippen molar-refractivity contribution in [3.05, 3.63) is 168 Å². The Morgan fingerprint density at radius 2 is 0.640 bits per heavy atom. The Kier molecular flexibility index (Phi) is 10.4. The molecule has 50 heavy (non-hydrogen) atoms. The zero-order chi connectivity index (χ0) is 35.0. The van der Waals surface area contributed by atoms with E-state index in [0.29, 0.717) is 24.3 Å². The van der Waals surface area contributed by atoms with Crippen LogP contribution in [0.2, 0.25) is 0 Å². The van der Waals surface area contributed by atoms with Crippen molar-refractivity contribution in [2.75, 3.05) is 23.0 Å². The van der Waals surface area contributed by atoms with Gasteiger partial charge in [0.05, 0.1) is 24.3 Å². The summed E-state index contributed by atoms with van der Waals surface area (Å²) in [5.41, 5.74) is 11.5. The first-order chi connectivity index (χ1) is 24.3. The van der Waals surface area contributed by atoms with Gasteiger partial charge >= 0.3 is 11.9 Å². The summed E-state index contributed by atoms with van der Waals surface area (Å²) in [6.45, 7) is 8.43. The molecule has 0 aromatic heterocycles. The number of carbonyl (C=O) groups excluding carboxylic acids is 2. The highest BCUT2D eigenvalue weighted by atomic mass is 16.5. The van der Waals surface area contributed by atoms with Crippen LogP contribution < -0.4 is 9.80 Å². The van der Waals surface area contributed by atoms with E-state index in [0.717, 1.165) is 45.3 Å². The molecule has 250 valence electrons. The third-order valence-electron chi connectivity index (χ3n) is 8.44. The maximum Gasteiger partial charge on any atom is 0.338 e. The summed E-state index contributed by atoms with van der Waals surface area (Å²) in [4.78, 5) is 28.9. The molecule has 6 aromatic rings. The lowest BCUT2D eigenvalue weighted by atomic mass is 10.0. The molecule has 0 aliphatic rings. The molecule has 0 fully saturated rings. The molecule has 0 unspecified atom stereocenters. The van der Waals surface area contributed by atoms with Gasteiger partial charge in [0.2, 0.25) is 0 Å². The quantitative estimate of drug-likeness (QED) is 0.129. The molecule has 0 bridgehead atoms. The lowest BCUT2D eigenvalue weighted by molar-refractivity contribution is 0.0517. The molecule has 0 heterocycles. The molecule has 0 amide bonds. The van der Waals surface area contributed by atoms with Gasteiger partial charge in [-0.3, -0.25) is 0 Å². The SMILES string of the molecule is CCOC(=O)c1ccc(N(c2ccc(C)cc2)c2ccc(-c3ccc(N(c4ccc(C)cc4)c4ccc(C(=O)OCC)cc4)cc3)cc2)cc1. The molecule has 0 aliphatic carbocycles. The van der Waals surface area contributed by atoms with E-state index < -0.39 is 0 Å². The van der Waals surface area contributed by atoms with E-state index in [1.165, 1.54) is 11.1 Å². The van der Waals surface area contributed by atoms with Gasteiger partial charge in [0, 0.05) is 34.1 Å². The summed E-state index contributed by atoms with van der Waals surface area (Å²) in [5.74, 6) is -0.657. The number of hydrogen-bond donors (Lipinski definition) is 0. The van der Waals surface area contributed by atoms with Crippen molar-refractivity contribution in [2.45, 2.75) is 27.7 Å². The van der Waals surface area contributed by atoms with Gasteiger partial charge in [-0.15, -0.1) is 0 Å². The Morgan fingerprint density at radius 1 is 0.400 bits per heavy atom. The smallest absolute Gasteiger partial charge is 0.338 e. The number of aryl methyl sites for hydroxylation is 2. The lowest BCUT2D eigenvalue weighted by Gasteiger charge is -2.26. The average Bonchev–Trinajstić information content (AvgIpc) is 3.15. The standard InChI is InChI=1S/C44H40N2O4/c1-5-49-43(47)35-15-27-41(28-16-35)45(37-19-7-31(3)8-20-37)39-23-11-33(12-24-39)34-13-25-40(26-14-34)46(38-21-9-32(4)10-22-38)42-29-17-36(18-30-42)44(48)50-6-2/h7-30H,5-6H2,1-4H3. The molecular formula is C44H40N2O4. The number of ether oxygens (including phenoxy) is 2. The van der Waals surface area contributed by atoms with Crippen molar-refractivity contribution in [1.82, 2.24) is 0 Å². The summed E-state index contributed by atoms with van der Waals surface area (Å²) in [6, 6.07) is 48.8. The minimum atomic E-state index is -0.329. The molecule has 0 atom stereocenters. The molecule has 6 aromatic carbocycles. The van der Waals surface area contributed by atoms with Gasteiger partial charge in [0.15, 0.2) is 0 Å². The molecule has 0 saturated carbocycles. The molecule has 0 radical (unpaired) electrons. The number of hydrogen-bond acceptors (Lipinski definition) is 6. The molecule has 0 N–H and O–H groups in total. The Balaban J connectivity index is 1.29. The molecule has 6 nitrogen and oxygen atoms in total. The van der Waals surface area contributed by atoms with Crippen LogP contribution in [0.5, 0.6) is 0 Å². The van der Waals surface area contributed by atoms with Gasteiger partial charge < -0.3 is 19.3 Å².